The molecule has 0 bridgehead atoms. The van der Waals surface area contributed by atoms with Gasteiger partial charge in [-0.2, -0.15) is 0 Å². The molecule has 3 aliphatic carbocycles. The molecule has 0 aliphatic heterocycles. The standard InChI is InChI=1S/C20H34O3Si/c1-14-9-10-20(22)18(6)12-11-17(18,5)15(19(14,20)13-21)23-24(7,8)16(2,3)4/h9,11-12,15,21-22H,10,13H2,1-8H3/t15-,17+,18+,19-,20-/m0/s1. The molecule has 136 valence electrons. The highest BCUT2D eigenvalue weighted by Gasteiger charge is 2.81. The lowest BCUT2D eigenvalue weighted by Gasteiger charge is -2.53. The summed E-state index contributed by atoms with van der Waals surface area (Å²) in [5.74, 6) is 0. The van der Waals surface area contributed by atoms with Crippen molar-refractivity contribution in [2.24, 2.45) is 16.2 Å². The summed E-state index contributed by atoms with van der Waals surface area (Å²) in [6, 6.07) is 0. The monoisotopic (exact) mass is 350 g/mol. The highest BCUT2D eigenvalue weighted by molar-refractivity contribution is 6.74. The first-order valence-electron chi connectivity index (χ1n) is 9.12. The fourth-order valence-corrected chi connectivity index (χ4v) is 6.56. The van der Waals surface area contributed by atoms with E-state index in [1.165, 1.54) is 0 Å². The zero-order chi connectivity index (χ0) is 18.4. The van der Waals surface area contributed by atoms with Crippen LogP contribution in [0.2, 0.25) is 18.1 Å². The second-order valence-electron chi connectivity index (χ2n) is 10.2. The predicted octanol–water partition coefficient (Wildman–Crippen LogP) is 4.03. The maximum Gasteiger partial charge on any atom is 0.192 e. The van der Waals surface area contributed by atoms with Crippen molar-refractivity contribution in [2.75, 3.05) is 6.61 Å². The van der Waals surface area contributed by atoms with Gasteiger partial charge in [-0.3, -0.25) is 0 Å². The summed E-state index contributed by atoms with van der Waals surface area (Å²) in [5.41, 5.74) is -1.24. The van der Waals surface area contributed by atoms with Gasteiger partial charge in [0.05, 0.1) is 23.7 Å². The van der Waals surface area contributed by atoms with E-state index in [1.807, 2.05) is 6.92 Å². The van der Waals surface area contributed by atoms with Crippen LogP contribution < -0.4 is 0 Å². The van der Waals surface area contributed by atoms with Crippen molar-refractivity contribution in [3.8, 4) is 0 Å². The average molecular weight is 351 g/mol. The van der Waals surface area contributed by atoms with Crippen LogP contribution in [0, 0.1) is 16.2 Å². The van der Waals surface area contributed by atoms with Crippen molar-refractivity contribution >= 4 is 8.32 Å². The van der Waals surface area contributed by atoms with E-state index in [2.05, 4.69) is 65.9 Å². The molecule has 3 aliphatic rings. The molecule has 24 heavy (non-hydrogen) atoms. The Morgan fingerprint density at radius 2 is 1.83 bits per heavy atom. The lowest BCUT2D eigenvalue weighted by atomic mass is 9.54. The number of aliphatic hydroxyl groups is 2. The van der Waals surface area contributed by atoms with Crippen molar-refractivity contribution in [1.82, 2.24) is 0 Å². The Morgan fingerprint density at radius 1 is 1.25 bits per heavy atom. The van der Waals surface area contributed by atoms with Gasteiger partial charge in [0, 0.05) is 10.8 Å². The molecular formula is C20H34O3Si. The van der Waals surface area contributed by atoms with Crippen LogP contribution in [0.25, 0.3) is 0 Å². The highest BCUT2D eigenvalue weighted by Crippen LogP contribution is 2.77. The Balaban J connectivity index is 2.17. The van der Waals surface area contributed by atoms with Crippen LogP contribution in [-0.4, -0.2) is 36.8 Å². The van der Waals surface area contributed by atoms with Crippen molar-refractivity contribution in [3.63, 3.8) is 0 Å². The minimum atomic E-state index is -2.06. The molecule has 0 amide bonds. The molecule has 3 nitrogen and oxygen atoms in total. The first-order valence-corrected chi connectivity index (χ1v) is 12.0. The van der Waals surface area contributed by atoms with E-state index in [0.717, 1.165) is 5.57 Å². The summed E-state index contributed by atoms with van der Waals surface area (Å²) in [7, 11) is -2.06. The number of hydrogen-bond donors (Lipinski definition) is 2. The van der Waals surface area contributed by atoms with E-state index < -0.39 is 19.3 Å². The maximum atomic E-state index is 11.8. The summed E-state index contributed by atoms with van der Waals surface area (Å²) in [6.45, 7) is 17.5. The van der Waals surface area contributed by atoms with Crippen LogP contribution in [0.5, 0.6) is 0 Å². The minimum absolute atomic E-state index is 0.0714. The molecule has 0 aromatic carbocycles. The van der Waals surface area contributed by atoms with Gasteiger partial charge in [0.2, 0.25) is 0 Å². The fourth-order valence-electron chi connectivity index (χ4n) is 5.17. The molecule has 0 aromatic heterocycles. The maximum absolute atomic E-state index is 11.8. The molecule has 0 spiro atoms. The number of fused-ring (bicyclic) bond motifs is 3. The van der Waals surface area contributed by atoms with Crippen LogP contribution >= 0.6 is 0 Å². The molecule has 0 aromatic rings. The van der Waals surface area contributed by atoms with Crippen LogP contribution in [0.15, 0.2) is 23.8 Å². The van der Waals surface area contributed by atoms with E-state index in [9.17, 15) is 10.2 Å². The molecule has 1 saturated carbocycles. The number of rotatable bonds is 3. The van der Waals surface area contributed by atoms with E-state index >= 15 is 0 Å². The van der Waals surface area contributed by atoms with E-state index in [-0.39, 0.29) is 28.6 Å². The van der Waals surface area contributed by atoms with Gasteiger partial charge in [0.25, 0.3) is 0 Å². The predicted molar refractivity (Wildman–Crippen MR) is 100 cm³/mol. The topological polar surface area (TPSA) is 49.7 Å². The highest BCUT2D eigenvalue weighted by atomic mass is 28.4. The first kappa shape index (κ1) is 18.4. The van der Waals surface area contributed by atoms with Crippen molar-refractivity contribution < 1.29 is 14.6 Å². The largest absolute Gasteiger partial charge is 0.412 e. The second-order valence-corrected chi connectivity index (χ2v) is 14.9. The molecule has 1 fully saturated rings. The molecular weight excluding hydrogens is 316 g/mol. The lowest BCUT2D eigenvalue weighted by Crippen LogP contribution is -2.56. The molecule has 5 atom stereocenters. The molecule has 0 saturated heterocycles. The fraction of sp³-hybridized carbons (Fsp3) is 0.800. The Kier molecular flexibility index (Phi) is 3.55. The van der Waals surface area contributed by atoms with Gasteiger partial charge in [-0.1, -0.05) is 58.4 Å². The first-order chi connectivity index (χ1) is 10.7. The van der Waals surface area contributed by atoms with Gasteiger partial charge in [0.1, 0.15) is 0 Å². The van der Waals surface area contributed by atoms with E-state index in [0.29, 0.717) is 6.42 Å². The average Bonchev–Trinajstić information content (AvgIpc) is 2.77. The number of aliphatic hydroxyl groups excluding tert-OH is 1. The van der Waals surface area contributed by atoms with Crippen molar-refractivity contribution in [2.45, 2.75) is 77.8 Å². The normalized spacial score (nSPS) is 47.2. The Morgan fingerprint density at radius 3 is 2.25 bits per heavy atom. The van der Waals surface area contributed by atoms with Crippen LogP contribution in [-0.2, 0) is 4.43 Å². The summed E-state index contributed by atoms with van der Waals surface area (Å²) in [5, 5.41) is 22.4. The number of hydrogen-bond acceptors (Lipinski definition) is 3. The molecule has 0 heterocycles. The van der Waals surface area contributed by atoms with Gasteiger partial charge in [-0.05, 0) is 31.5 Å². The van der Waals surface area contributed by atoms with E-state index in [1.54, 1.807) is 0 Å². The van der Waals surface area contributed by atoms with Gasteiger partial charge >= 0.3 is 0 Å². The minimum Gasteiger partial charge on any atom is -0.412 e. The van der Waals surface area contributed by atoms with Gasteiger partial charge in [-0.25, -0.2) is 0 Å². The molecule has 0 radical (unpaired) electrons. The molecule has 4 heteroatoms. The second kappa shape index (κ2) is 4.64. The molecule has 2 N–H and O–H groups in total. The summed E-state index contributed by atoms with van der Waals surface area (Å²) in [4.78, 5) is 0. The quantitative estimate of drug-likeness (QED) is 0.597. The van der Waals surface area contributed by atoms with Crippen molar-refractivity contribution in [3.05, 3.63) is 23.8 Å². The summed E-state index contributed by atoms with van der Waals surface area (Å²) in [6.07, 6.45) is 6.84. The smallest absolute Gasteiger partial charge is 0.192 e. The zero-order valence-corrected chi connectivity index (χ0v) is 17.5. The Labute approximate surface area is 147 Å². The van der Waals surface area contributed by atoms with Crippen LogP contribution in [0.1, 0.15) is 48.0 Å². The molecule has 3 rings (SSSR count). The van der Waals surface area contributed by atoms with Crippen molar-refractivity contribution in [1.29, 1.82) is 0 Å². The third-order valence-electron chi connectivity index (χ3n) is 8.35. The summed E-state index contributed by atoms with van der Waals surface area (Å²) >= 11 is 0. The van der Waals surface area contributed by atoms with Gasteiger partial charge in [-0.15, -0.1) is 0 Å². The zero-order valence-electron chi connectivity index (χ0n) is 16.5. The third-order valence-corrected chi connectivity index (χ3v) is 12.8. The van der Waals surface area contributed by atoms with Gasteiger partial charge in [0.15, 0.2) is 8.32 Å². The Bertz CT molecular complexity index is 631. The SMILES string of the molecule is CC1=CC[C@]2(O)[C@]3(C)C=C[C@]3(C)[C@H](O[Si](C)(C)C(C)(C)C)[C@]12CO. The lowest BCUT2D eigenvalue weighted by molar-refractivity contribution is -0.123. The summed E-state index contributed by atoms with van der Waals surface area (Å²) < 4.78 is 6.94. The third kappa shape index (κ3) is 1.64. The molecule has 0 unspecified atom stereocenters. The van der Waals surface area contributed by atoms with Crippen LogP contribution in [0.3, 0.4) is 0 Å². The Hall–Kier alpha value is -0.423. The van der Waals surface area contributed by atoms with Gasteiger partial charge < -0.3 is 14.6 Å². The van der Waals surface area contributed by atoms with E-state index in [4.69, 9.17) is 4.43 Å². The van der Waals surface area contributed by atoms with Crippen LogP contribution in [0.4, 0.5) is 0 Å².